The van der Waals surface area contributed by atoms with Gasteiger partial charge in [-0.05, 0) is 43.2 Å². The first-order valence-electron chi connectivity index (χ1n) is 7.35. The lowest BCUT2D eigenvalue weighted by atomic mass is 10.2. The Morgan fingerprint density at radius 3 is 2.55 bits per heavy atom. The van der Waals surface area contributed by atoms with Gasteiger partial charge in [0.1, 0.15) is 0 Å². The molecule has 0 fully saturated rings. The van der Waals surface area contributed by atoms with E-state index in [2.05, 4.69) is 38.7 Å². The first-order chi connectivity index (χ1) is 10.8. The summed E-state index contributed by atoms with van der Waals surface area (Å²) in [6.45, 7) is 0.718. The van der Waals surface area contributed by atoms with Crippen molar-refractivity contribution in [2.75, 3.05) is 11.9 Å². The number of unbranched alkanes of at least 4 members (excludes halogenated alkanes) is 1. The number of hydrogen-bond donors (Lipinski definition) is 0. The summed E-state index contributed by atoms with van der Waals surface area (Å²) in [5.41, 5.74) is 2.20. The van der Waals surface area contributed by atoms with Crippen molar-refractivity contribution in [2.24, 2.45) is 0 Å². The maximum atomic E-state index is 6.02. The van der Waals surface area contributed by atoms with Gasteiger partial charge in [0, 0.05) is 27.5 Å². The molecule has 0 radical (unpaired) electrons. The standard InChI is InChI=1S/C18H17BrClNO/c19-11-3-4-12-22-18-13-14-5-1-2-6-17(14)21(18)16-9-7-15(20)8-10-16/h1-2,5-10,13H,3-4,11-12H2. The van der Waals surface area contributed by atoms with Gasteiger partial charge in [-0.1, -0.05) is 45.7 Å². The highest BCUT2D eigenvalue weighted by molar-refractivity contribution is 9.09. The average molecular weight is 379 g/mol. The SMILES string of the molecule is Clc1ccc(-n2c(OCCCCBr)cc3ccccc32)cc1. The number of ether oxygens (including phenoxy) is 1. The summed E-state index contributed by atoms with van der Waals surface area (Å²) in [6, 6.07) is 18.2. The molecule has 0 saturated carbocycles. The fraction of sp³-hybridized carbons (Fsp3) is 0.222. The van der Waals surface area contributed by atoms with Crippen LogP contribution in [0.3, 0.4) is 0 Å². The van der Waals surface area contributed by atoms with E-state index in [0.29, 0.717) is 0 Å². The van der Waals surface area contributed by atoms with Crippen LogP contribution in [0, 0.1) is 0 Å². The maximum Gasteiger partial charge on any atom is 0.199 e. The second kappa shape index (κ2) is 7.21. The van der Waals surface area contributed by atoms with Gasteiger partial charge in [-0.15, -0.1) is 0 Å². The lowest BCUT2D eigenvalue weighted by Gasteiger charge is -2.12. The van der Waals surface area contributed by atoms with E-state index >= 15 is 0 Å². The highest BCUT2D eigenvalue weighted by atomic mass is 79.9. The largest absolute Gasteiger partial charge is 0.479 e. The van der Waals surface area contributed by atoms with Crippen LogP contribution in [0.2, 0.25) is 5.02 Å². The van der Waals surface area contributed by atoms with Crippen molar-refractivity contribution >= 4 is 38.4 Å². The molecule has 0 unspecified atom stereocenters. The van der Waals surface area contributed by atoms with E-state index in [1.807, 2.05) is 36.4 Å². The molecule has 1 aromatic heterocycles. The van der Waals surface area contributed by atoms with Gasteiger partial charge in [-0.25, -0.2) is 0 Å². The lowest BCUT2D eigenvalue weighted by molar-refractivity contribution is 0.294. The third-order valence-corrected chi connectivity index (χ3v) is 4.35. The number of aromatic nitrogens is 1. The molecule has 0 atom stereocenters. The van der Waals surface area contributed by atoms with Crippen molar-refractivity contribution in [2.45, 2.75) is 12.8 Å². The van der Waals surface area contributed by atoms with Gasteiger partial charge in [-0.2, -0.15) is 0 Å². The molecule has 2 nitrogen and oxygen atoms in total. The molecule has 0 saturated heterocycles. The molecular formula is C18H17BrClNO. The van der Waals surface area contributed by atoms with Crippen LogP contribution in [-0.2, 0) is 0 Å². The minimum Gasteiger partial charge on any atom is -0.479 e. The van der Waals surface area contributed by atoms with Gasteiger partial charge >= 0.3 is 0 Å². The zero-order valence-electron chi connectivity index (χ0n) is 12.1. The van der Waals surface area contributed by atoms with Crippen molar-refractivity contribution in [3.05, 3.63) is 59.6 Å². The molecule has 0 bridgehead atoms. The quantitative estimate of drug-likeness (QED) is 0.388. The van der Waals surface area contributed by atoms with E-state index < -0.39 is 0 Å². The fourth-order valence-corrected chi connectivity index (χ4v) is 2.99. The Balaban J connectivity index is 1.99. The topological polar surface area (TPSA) is 14.2 Å². The third-order valence-electron chi connectivity index (χ3n) is 3.54. The average Bonchev–Trinajstić information content (AvgIpc) is 2.91. The summed E-state index contributed by atoms with van der Waals surface area (Å²) in [5, 5.41) is 2.92. The van der Waals surface area contributed by atoms with Crippen LogP contribution in [0.5, 0.6) is 5.88 Å². The molecular weight excluding hydrogens is 362 g/mol. The van der Waals surface area contributed by atoms with E-state index in [0.717, 1.165) is 46.9 Å². The monoisotopic (exact) mass is 377 g/mol. The predicted molar refractivity (Wildman–Crippen MR) is 96.8 cm³/mol. The number of nitrogens with zero attached hydrogens (tertiary/aromatic N) is 1. The van der Waals surface area contributed by atoms with Crippen LogP contribution in [0.1, 0.15) is 12.8 Å². The van der Waals surface area contributed by atoms with Gasteiger partial charge in [0.2, 0.25) is 0 Å². The van der Waals surface area contributed by atoms with Gasteiger partial charge in [0.15, 0.2) is 5.88 Å². The van der Waals surface area contributed by atoms with Crippen LogP contribution < -0.4 is 4.74 Å². The van der Waals surface area contributed by atoms with E-state index in [1.54, 1.807) is 0 Å². The van der Waals surface area contributed by atoms with Crippen LogP contribution in [0.25, 0.3) is 16.6 Å². The zero-order valence-corrected chi connectivity index (χ0v) is 14.5. The summed E-state index contributed by atoms with van der Waals surface area (Å²) in [5.74, 6) is 0.873. The smallest absolute Gasteiger partial charge is 0.199 e. The van der Waals surface area contributed by atoms with Gasteiger partial charge < -0.3 is 4.74 Å². The highest BCUT2D eigenvalue weighted by Gasteiger charge is 2.11. The third kappa shape index (κ3) is 3.31. The van der Waals surface area contributed by atoms with Crippen LogP contribution in [0.4, 0.5) is 0 Å². The normalized spacial score (nSPS) is 11.0. The molecule has 1 heterocycles. The number of benzene rings is 2. The van der Waals surface area contributed by atoms with Crippen molar-refractivity contribution in [3.63, 3.8) is 0 Å². The number of fused-ring (bicyclic) bond motifs is 1. The molecule has 0 aliphatic carbocycles. The Labute approximate surface area is 143 Å². The highest BCUT2D eigenvalue weighted by Crippen LogP contribution is 2.30. The minimum atomic E-state index is 0.718. The lowest BCUT2D eigenvalue weighted by Crippen LogP contribution is -2.03. The van der Waals surface area contributed by atoms with E-state index in [9.17, 15) is 0 Å². The number of rotatable bonds is 6. The summed E-state index contributed by atoms with van der Waals surface area (Å²) < 4.78 is 8.16. The molecule has 0 aliphatic rings. The Bertz CT molecular complexity index is 751. The Morgan fingerprint density at radius 2 is 1.77 bits per heavy atom. The number of hydrogen-bond acceptors (Lipinski definition) is 1. The number of alkyl halides is 1. The van der Waals surface area contributed by atoms with Crippen LogP contribution >= 0.6 is 27.5 Å². The molecule has 0 aliphatic heterocycles. The first kappa shape index (κ1) is 15.4. The Hall–Kier alpha value is -1.45. The predicted octanol–water partition coefficient (Wildman–Crippen LogP) is 5.84. The molecule has 22 heavy (non-hydrogen) atoms. The van der Waals surface area contributed by atoms with E-state index in [4.69, 9.17) is 16.3 Å². The maximum absolute atomic E-state index is 6.02. The second-order valence-electron chi connectivity index (χ2n) is 5.10. The molecule has 0 spiro atoms. The van der Waals surface area contributed by atoms with Crippen LogP contribution in [-0.4, -0.2) is 16.5 Å². The van der Waals surface area contributed by atoms with Crippen LogP contribution in [0.15, 0.2) is 54.6 Å². The van der Waals surface area contributed by atoms with Crippen molar-refractivity contribution in [1.29, 1.82) is 0 Å². The number of para-hydroxylation sites is 1. The first-order valence-corrected chi connectivity index (χ1v) is 8.85. The molecule has 2 aromatic carbocycles. The molecule has 3 aromatic rings. The zero-order chi connectivity index (χ0) is 15.4. The van der Waals surface area contributed by atoms with Crippen molar-refractivity contribution < 1.29 is 4.74 Å². The Kier molecular flexibility index (Phi) is 5.06. The van der Waals surface area contributed by atoms with E-state index in [-0.39, 0.29) is 0 Å². The second-order valence-corrected chi connectivity index (χ2v) is 6.33. The molecule has 114 valence electrons. The van der Waals surface area contributed by atoms with Gasteiger partial charge in [0.25, 0.3) is 0 Å². The summed E-state index contributed by atoms with van der Waals surface area (Å²) in [7, 11) is 0. The fourth-order valence-electron chi connectivity index (χ4n) is 2.47. The summed E-state index contributed by atoms with van der Waals surface area (Å²) >= 11 is 9.45. The summed E-state index contributed by atoms with van der Waals surface area (Å²) in [4.78, 5) is 0. The molecule has 4 heteroatoms. The summed E-state index contributed by atoms with van der Waals surface area (Å²) in [6.07, 6.45) is 2.15. The minimum absolute atomic E-state index is 0.718. The van der Waals surface area contributed by atoms with Gasteiger partial charge in [0.05, 0.1) is 12.1 Å². The van der Waals surface area contributed by atoms with E-state index in [1.165, 1.54) is 5.39 Å². The number of halogens is 2. The molecule has 3 rings (SSSR count). The Morgan fingerprint density at radius 1 is 1.00 bits per heavy atom. The molecule has 0 amide bonds. The molecule has 0 N–H and O–H groups in total. The van der Waals surface area contributed by atoms with Crippen molar-refractivity contribution in [1.82, 2.24) is 4.57 Å². The van der Waals surface area contributed by atoms with Gasteiger partial charge in [-0.3, -0.25) is 4.57 Å². The van der Waals surface area contributed by atoms with Crippen molar-refractivity contribution in [3.8, 4) is 11.6 Å².